The van der Waals surface area contributed by atoms with Crippen LogP contribution in [0.15, 0.2) is 12.3 Å². The molecule has 2 nitrogen and oxygen atoms in total. The lowest BCUT2D eigenvalue weighted by atomic mass is 9.98. The van der Waals surface area contributed by atoms with Crippen molar-refractivity contribution in [1.82, 2.24) is 4.98 Å². The summed E-state index contributed by atoms with van der Waals surface area (Å²) in [7, 11) is 0. The Labute approximate surface area is 221 Å². The van der Waals surface area contributed by atoms with Crippen LogP contribution in [0.3, 0.4) is 0 Å². The van der Waals surface area contributed by atoms with Crippen LogP contribution < -0.4 is 0 Å². The zero-order valence-electron chi connectivity index (χ0n) is 14.0. The molecule has 0 spiro atoms. The van der Waals surface area contributed by atoms with E-state index in [1.807, 2.05) is 0 Å². The Hall–Kier alpha value is 0.450. The molecular weight excluding hydrogens is 601 g/mol. The predicted octanol–water partition coefficient (Wildman–Crippen LogP) is 10.4. The Balaban J connectivity index is 2.40. The number of hydrogen-bond acceptors (Lipinski definition) is 2. The van der Waals surface area contributed by atoms with E-state index >= 15 is 0 Å². The molecule has 3 aromatic rings. The van der Waals surface area contributed by atoms with Crippen LogP contribution in [-0.2, 0) is 6.61 Å². The number of nitrogens with zero attached hydrogens (tertiary/aromatic N) is 1. The van der Waals surface area contributed by atoms with Gasteiger partial charge >= 0.3 is 0 Å². The summed E-state index contributed by atoms with van der Waals surface area (Å²) >= 11 is 62.4. The van der Waals surface area contributed by atoms with Crippen LogP contribution in [-0.4, -0.2) is 10.1 Å². The van der Waals surface area contributed by atoms with Crippen molar-refractivity contribution in [2.45, 2.75) is 6.61 Å². The normalized spacial score (nSPS) is 11.3. The number of halogens is 10. The number of aliphatic hydroxyl groups excluding tert-OH is 1. The first-order chi connectivity index (χ1) is 14.0. The molecule has 0 aliphatic carbocycles. The molecule has 0 radical (unpaired) electrons. The van der Waals surface area contributed by atoms with Crippen molar-refractivity contribution in [3.05, 3.63) is 68.2 Å². The molecule has 0 aliphatic heterocycles. The van der Waals surface area contributed by atoms with Gasteiger partial charge in [0.1, 0.15) is 0 Å². The van der Waals surface area contributed by atoms with E-state index in [2.05, 4.69) is 4.98 Å². The summed E-state index contributed by atoms with van der Waals surface area (Å²) in [6.07, 6.45) is 1.42. The van der Waals surface area contributed by atoms with Crippen molar-refractivity contribution in [3.63, 3.8) is 0 Å². The fourth-order valence-electron chi connectivity index (χ4n) is 2.67. The van der Waals surface area contributed by atoms with Gasteiger partial charge in [-0.1, -0.05) is 116 Å². The average Bonchev–Trinajstić information content (AvgIpc) is 2.74. The van der Waals surface area contributed by atoms with E-state index in [9.17, 15) is 5.11 Å². The molecule has 1 heterocycles. The number of rotatable bonds is 3. The van der Waals surface area contributed by atoms with E-state index in [0.29, 0.717) is 11.1 Å². The van der Waals surface area contributed by atoms with Crippen LogP contribution in [0.2, 0.25) is 50.2 Å². The van der Waals surface area contributed by atoms with Gasteiger partial charge in [0, 0.05) is 28.5 Å². The van der Waals surface area contributed by atoms with Crippen molar-refractivity contribution in [2.75, 3.05) is 0 Å². The highest BCUT2D eigenvalue weighted by Gasteiger charge is 2.25. The molecule has 158 valence electrons. The largest absolute Gasteiger partial charge is 0.390 e. The molecule has 0 fully saturated rings. The van der Waals surface area contributed by atoms with Crippen molar-refractivity contribution >= 4 is 116 Å². The van der Waals surface area contributed by atoms with Crippen molar-refractivity contribution in [3.8, 4) is 22.3 Å². The van der Waals surface area contributed by atoms with Crippen LogP contribution in [0.1, 0.15) is 5.69 Å². The third-order valence-electron chi connectivity index (χ3n) is 4.10. The van der Waals surface area contributed by atoms with E-state index in [1.165, 1.54) is 6.20 Å². The standard InChI is InChI=1S/C18H5Cl10NO/c19-9-7(10(20)14(24)17(27)13(9)23)4-1-5(6(3-30)29-2-4)8-11(21)15(25)18(28)16(26)12(8)22/h1-2,30H,3H2. The van der Waals surface area contributed by atoms with Crippen LogP contribution >= 0.6 is 116 Å². The van der Waals surface area contributed by atoms with Gasteiger partial charge in [-0.2, -0.15) is 0 Å². The molecule has 3 rings (SSSR count). The summed E-state index contributed by atoms with van der Waals surface area (Å²) in [5.41, 5.74) is 1.44. The quantitative estimate of drug-likeness (QED) is 0.238. The van der Waals surface area contributed by atoms with E-state index < -0.39 is 6.61 Å². The van der Waals surface area contributed by atoms with Gasteiger partial charge in [0.05, 0.1) is 62.5 Å². The van der Waals surface area contributed by atoms with Gasteiger partial charge in [-0.15, -0.1) is 0 Å². The molecule has 0 aliphatic rings. The summed E-state index contributed by atoms with van der Waals surface area (Å²) in [6.45, 7) is -0.441. The second kappa shape index (κ2) is 9.75. The molecule has 0 amide bonds. The third-order valence-corrected chi connectivity index (χ3v) is 8.65. The Morgan fingerprint density at radius 1 is 0.567 bits per heavy atom. The molecule has 0 atom stereocenters. The molecule has 0 saturated heterocycles. The molecule has 12 heteroatoms. The van der Waals surface area contributed by atoms with Gasteiger partial charge in [0.15, 0.2) is 0 Å². The van der Waals surface area contributed by atoms with Crippen molar-refractivity contribution in [1.29, 1.82) is 0 Å². The summed E-state index contributed by atoms with van der Waals surface area (Å²) < 4.78 is 0. The topological polar surface area (TPSA) is 33.1 Å². The van der Waals surface area contributed by atoms with Crippen molar-refractivity contribution < 1.29 is 5.11 Å². The number of hydrogen-bond donors (Lipinski definition) is 1. The maximum Gasteiger partial charge on any atom is 0.0859 e. The highest BCUT2D eigenvalue weighted by Crippen LogP contribution is 2.51. The van der Waals surface area contributed by atoms with Crippen LogP contribution in [0, 0.1) is 0 Å². The fraction of sp³-hybridized carbons (Fsp3) is 0.0556. The first-order valence-corrected chi connectivity index (χ1v) is 11.4. The van der Waals surface area contributed by atoms with Crippen LogP contribution in [0.4, 0.5) is 0 Å². The maximum atomic E-state index is 9.80. The van der Waals surface area contributed by atoms with Gasteiger partial charge in [-0.25, -0.2) is 0 Å². The van der Waals surface area contributed by atoms with Gasteiger partial charge in [-0.3, -0.25) is 4.98 Å². The number of aromatic nitrogens is 1. The molecule has 0 unspecified atom stereocenters. The number of benzene rings is 2. The lowest BCUT2D eigenvalue weighted by Crippen LogP contribution is -1.98. The predicted molar refractivity (Wildman–Crippen MR) is 131 cm³/mol. The lowest BCUT2D eigenvalue weighted by molar-refractivity contribution is 0.277. The van der Waals surface area contributed by atoms with Gasteiger partial charge in [-0.05, 0) is 6.07 Å². The van der Waals surface area contributed by atoms with Gasteiger partial charge in [0.2, 0.25) is 0 Å². The second-order valence-corrected chi connectivity index (χ2v) is 9.55. The molecule has 1 aromatic heterocycles. The summed E-state index contributed by atoms with van der Waals surface area (Å²) in [4.78, 5) is 4.25. The summed E-state index contributed by atoms with van der Waals surface area (Å²) in [5.74, 6) is 0. The first-order valence-electron chi connectivity index (χ1n) is 7.66. The Morgan fingerprint density at radius 3 is 1.33 bits per heavy atom. The first kappa shape index (κ1) is 25.1. The van der Waals surface area contributed by atoms with E-state index in [0.717, 1.165) is 0 Å². The zero-order chi connectivity index (χ0) is 22.5. The molecular formula is C18H5Cl10NO. The van der Waals surface area contributed by atoms with Crippen LogP contribution in [0.25, 0.3) is 22.3 Å². The minimum Gasteiger partial charge on any atom is -0.390 e. The Kier molecular flexibility index (Phi) is 8.15. The summed E-state index contributed by atoms with van der Waals surface area (Å²) in [5, 5.41) is 9.99. The zero-order valence-corrected chi connectivity index (χ0v) is 21.6. The third kappa shape index (κ3) is 4.20. The van der Waals surface area contributed by atoms with E-state index in [4.69, 9.17) is 116 Å². The van der Waals surface area contributed by atoms with Crippen LogP contribution in [0.5, 0.6) is 0 Å². The van der Waals surface area contributed by atoms with Crippen molar-refractivity contribution in [2.24, 2.45) is 0 Å². The molecule has 0 bridgehead atoms. The SMILES string of the molecule is OCc1ncc(-c2c(Cl)c(Cl)c(Cl)c(Cl)c2Cl)cc1-c1c(Cl)c(Cl)c(Cl)c(Cl)c1Cl. The molecule has 0 saturated carbocycles. The summed E-state index contributed by atoms with van der Waals surface area (Å²) in [6, 6.07) is 1.58. The smallest absolute Gasteiger partial charge is 0.0859 e. The Morgan fingerprint density at radius 2 is 0.933 bits per heavy atom. The second-order valence-electron chi connectivity index (χ2n) is 5.77. The highest BCUT2D eigenvalue weighted by atomic mass is 35.5. The maximum absolute atomic E-state index is 9.80. The molecule has 30 heavy (non-hydrogen) atoms. The average molecular weight is 606 g/mol. The van der Waals surface area contributed by atoms with Gasteiger partial charge in [0.25, 0.3) is 0 Å². The molecule has 2 aromatic carbocycles. The fourth-order valence-corrected chi connectivity index (χ4v) is 5.37. The van der Waals surface area contributed by atoms with Gasteiger partial charge < -0.3 is 5.11 Å². The molecule has 1 N–H and O–H groups in total. The number of pyridine rings is 1. The minimum atomic E-state index is -0.441. The monoisotopic (exact) mass is 601 g/mol. The lowest BCUT2D eigenvalue weighted by Gasteiger charge is -2.17. The highest BCUT2D eigenvalue weighted by molar-refractivity contribution is 6.57. The van der Waals surface area contributed by atoms with E-state index in [1.54, 1.807) is 6.07 Å². The number of aliphatic hydroxyl groups is 1. The Bertz CT molecular complexity index is 1140. The minimum absolute atomic E-state index is 0.00546. The van der Waals surface area contributed by atoms with E-state index in [-0.39, 0.29) is 67.0 Å².